The molecule has 1 aliphatic heterocycles. The molecule has 1 aromatic rings. The average Bonchev–Trinajstić information content (AvgIpc) is 2.59. The summed E-state index contributed by atoms with van der Waals surface area (Å²) < 4.78 is 46.2. The number of halogens is 3. The van der Waals surface area contributed by atoms with Crippen LogP contribution in [0.4, 0.5) is 13.2 Å². The second-order valence-electron chi connectivity index (χ2n) is 6.11. The fraction of sp³-hybridized carbons (Fsp3) is 0.562. The van der Waals surface area contributed by atoms with Crippen molar-refractivity contribution in [3.63, 3.8) is 0 Å². The zero-order valence-corrected chi connectivity index (χ0v) is 14.1. The summed E-state index contributed by atoms with van der Waals surface area (Å²) in [5.74, 6) is -1.96. The number of hydrogen-bond acceptors (Lipinski definition) is 5. The van der Waals surface area contributed by atoms with Crippen LogP contribution in [0.5, 0.6) is 5.88 Å². The highest BCUT2D eigenvalue weighted by Gasteiger charge is 2.44. The van der Waals surface area contributed by atoms with Crippen molar-refractivity contribution >= 4 is 11.9 Å². The van der Waals surface area contributed by atoms with E-state index in [0.717, 1.165) is 0 Å². The molecule has 0 saturated carbocycles. The Morgan fingerprint density at radius 1 is 1.38 bits per heavy atom. The van der Waals surface area contributed by atoms with E-state index in [1.54, 1.807) is 0 Å². The summed E-state index contributed by atoms with van der Waals surface area (Å²) >= 11 is 0. The molecule has 7 nitrogen and oxygen atoms in total. The Morgan fingerprint density at radius 3 is 2.73 bits per heavy atom. The summed E-state index contributed by atoms with van der Waals surface area (Å²) in [5, 5.41) is 9.52. The number of ether oxygens (including phenoxy) is 2. The summed E-state index contributed by atoms with van der Waals surface area (Å²) in [7, 11) is 1.38. The van der Waals surface area contributed by atoms with E-state index in [0.29, 0.717) is 19.4 Å². The number of amides is 1. The molecule has 2 rings (SSSR count). The Labute approximate surface area is 147 Å². The number of rotatable bonds is 6. The summed E-state index contributed by atoms with van der Waals surface area (Å²) in [5.41, 5.74) is -1.32. The zero-order valence-electron chi connectivity index (χ0n) is 14.1. The second-order valence-corrected chi connectivity index (χ2v) is 6.11. The van der Waals surface area contributed by atoms with Crippen molar-refractivity contribution in [3.05, 3.63) is 23.9 Å². The number of carboxylic acid groups (broad SMARTS) is 1. The van der Waals surface area contributed by atoms with Crippen molar-refractivity contribution in [2.24, 2.45) is 5.41 Å². The van der Waals surface area contributed by atoms with Gasteiger partial charge in [0.05, 0.1) is 6.61 Å². The first-order valence-electron chi connectivity index (χ1n) is 7.85. The number of carbonyl (C=O) groups is 2. The number of aliphatic carboxylic acids is 1. The van der Waals surface area contributed by atoms with Crippen LogP contribution in [-0.2, 0) is 9.53 Å². The van der Waals surface area contributed by atoms with Crippen molar-refractivity contribution in [2.45, 2.75) is 19.0 Å². The molecule has 1 saturated heterocycles. The van der Waals surface area contributed by atoms with E-state index < -0.39 is 30.1 Å². The molecular weight excluding hydrogens is 357 g/mol. The minimum Gasteiger partial charge on any atom is -0.481 e. The van der Waals surface area contributed by atoms with E-state index in [-0.39, 0.29) is 24.7 Å². The minimum absolute atomic E-state index is 0.0473. The molecule has 1 atom stereocenters. The molecule has 1 aromatic heterocycles. The molecule has 1 N–H and O–H groups in total. The first kappa shape index (κ1) is 20.0. The number of alkyl halides is 3. The first-order valence-corrected chi connectivity index (χ1v) is 7.85. The highest BCUT2D eigenvalue weighted by molar-refractivity contribution is 5.93. The maximum absolute atomic E-state index is 12.6. The molecule has 0 radical (unpaired) electrons. The van der Waals surface area contributed by atoms with Crippen molar-refractivity contribution in [1.82, 2.24) is 9.88 Å². The van der Waals surface area contributed by atoms with E-state index >= 15 is 0 Å². The second kappa shape index (κ2) is 7.90. The zero-order chi connectivity index (χ0) is 19.4. The third kappa shape index (κ3) is 4.84. The summed E-state index contributed by atoms with van der Waals surface area (Å²) in [6.45, 7) is -1.30. The Hall–Kier alpha value is -2.36. The van der Waals surface area contributed by atoms with Gasteiger partial charge in [0.25, 0.3) is 5.91 Å². The Balaban J connectivity index is 2.14. The van der Waals surface area contributed by atoms with Gasteiger partial charge in [-0.3, -0.25) is 9.59 Å². The molecule has 1 aliphatic rings. The molecule has 1 unspecified atom stereocenters. The molecule has 0 spiro atoms. The molecule has 1 fully saturated rings. The van der Waals surface area contributed by atoms with Crippen LogP contribution < -0.4 is 4.74 Å². The number of likely N-dealkylation sites (tertiary alicyclic amines) is 1. The van der Waals surface area contributed by atoms with Crippen molar-refractivity contribution in [2.75, 3.05) is 33.4 Å². The van der Waals surface area contributed by atoms with E-state index in [1.807, 2.05) is 0 Å². The molecular formula is C16H19F3N2O5. The summed E-state index contributed by atoms with van der Waals surface area (Å²) in [4.78, 5) is 29.4. The topological polar surface area (TPSA) is 89.0 Å². The number of methoxy groups -OCH3 is 1. The lowest BCUT2D eigenvalue weighted by Crippen LogP contribution is -2.52. The number of carboxylic acids is 1. The maximum Gasteiger partial charge on any atom is 0.422 e. The van der Waals surface area contributed by atoms with Crippen LogP contribution in [0.15, 0.2) is 18.2 Å². The molecule has 144 valence electrons. The fourth-order valence-electron chi connectivity index (χ4n) is 2.87. The Kier molecular flexibility index (Phi) is 6.06. The number of piperidine rings is 1. The normalized spacial score (nSPS) is 20.7. The van der Waals surface area contributed by atoms with E-state index in [1.165, 1.54) is 30.2 Å². The van der Waals surface area contributed by atoms with Gasteiger partial charge in [0.1, 0.15) is 11.1 Å². The van der Waals surface area contributed by atoms with Gasteiger partial charge in [0.2, 0.25) is 5.88 Å². The van der Waals surface area contributed by atoms with Gasteiger partial charge in [0, 0.05) is 26.3 Å². The minimum atomic E-state index is -4.52. The number of aromatic nitrogens is 1. The van der Waals surface area contributed by atoms with E-state index in [9.17, 15) is 27.9 Å². The third-order valence-electron chi connectivity index (χ3n) is 4.06. The molecule has 0 aliphatic carbocycles. The van der Waals surface area contributed by atoms with Crippen LogP contribution in [0.1, 0.15) is 23.3 Å². The number of nitrogens with zero attached hydrogens (tertiary/aromatic N) is 2. The van der Waals surface area contributed by atoms with Crippen LogP contribution in [0.2, 0.25) is 0 Å². The number of pyridine rings is 1. The fourth-order valence-corrected chi connectivity index (χ4v) is 2.87. The summed E-state index contributed by atoms with van der Waals surface area (Å²) in [6, 6.07) is 3.91. The quantitative estimate of drug-likeness (QED) is 0.817. The van der Waals surface area contributed by atoms with Crippen molar-refractivity contribution < 1.29 is 37.3 Å². The molecule has 1 amide bonds. The SMILES string of the molecule is COCC1(C(=O)O)CCCN(C(=O)c2cccc(OCC(F)(F)F)n2)C1. The lowest BCUT2D eigenvalue weighted by molar-refractivity contribution is -0.156. The monoisotopic (exact) mass is 376 g/mol. The highest BCUT2D eigenvalue weighted by Crippen LogP contribution is 2.31. The standard InChI is InChI=1S/C16H19F3N2O5/c1-25-9-15(14(23)24)6-3-7-21(8-15)13(22)11-4-2-5-12(20-11)26-10-16(17,18)19/h2,4-5H,3,6-10H2,1H3,(H,23,24). The molecule has 0 bridgehead atoms. The van der Waals surface area contributed by atoms with Gasteiger partial charge in [-0.05, 0) is 18.9 Å². The number of carbonyl (C=O) groups excluding carboxylic acids is 1. The van der Waals surface area contributed by atoms with E-state index in [2.05, 4.69) is 9.72 Å². The first-order chi connectivity index (χ1) is 12.2. The number of hydrogen-bond donors (Lipinski definition) is 1. The van der Waals surface area contributed by atoms with Gasteiger partial charge in [-0.15, -0.1) is 0 Å². The summed E-state index contributed by atoms with van der Waals surface area (Å²) in [6.07, 6.45) is -3.69. The molecule has 10 heteroatoms. The van der Waals surface area contributed by atoms with Gasteiger partial charge in [-0.1, -0.05) is 6.07 Å². The van der Waals surface area contributed by atoms with Crippen LogP contribution in [-0.4, -0.2) is 66.5 Å². The van der Waals surface area contributed by atoms with Gasteiger partial charge in [-0.25, -0.2) is 4.98 Å². The Bertz CT molecular complexity index is 664. The largest absolute Gasteiger partial charge is 0.481 e. The molecule has 0 aromatic carbocycles. The Morgan fingerprint density at radius 2 is 2.12 bits per heavy atom. The van der Waals surface area contributed by atoms with Crippen molar-refractivity contribution in [3.8, 4) is 5.88 Å². The predicted molar refractivity (Wildman–Crippen MR) is 82.9 cm³/mol. The van der Waals surface area contributed by atoms with Crippen LogP contribution in [0.3, 0.4) is 0 Å². The lowest BCUT2D eigenvalue weighted by atomic mass is 9.80. The average molecular weight is 376 g/mol. The van der Waals surface area contributed by atoms with Crippen LogP contribution >= 0.6 is 0 Å². The van der Waals surface area contributed by atoms with Gasteiger partial charge < -0.3 is 19.5 Å². The smallest absolute Gasteiger partial charge is 0.422 e. The third-order valence-corrected chi connectivity index (χ3v) is 4.06. The van der Waals surface area contributed by atoms with Crippen LogP contribution in [0.25, 0.3) is 0 Å². The highest BCUT2D eigenvalue weighted by atomic mass is 19.4. The molecule has 26 heavy (non-hydrogen) atoms. The molecule has 2 heterocycles. The maximum atomic E-state index is 12.6. The van der Waals surface area contributed by atoms with Crippen LogP contribution in [0, 0.1) is 5.41 Å². The van der Waals surface area contributed by atoms with Gasteiger partial charge in [0.15, 0.2) is 6.61 Å². The lowest BCUT2D eigenvalue weighted by Gasteiger charge is -2.39. The predicted octanol–water partition coefficient (Wildman–Crippen LogP) is 1.98. The van der Waals surface area contributed by atoms with Gasteiger partial charge >= 0.3 is 12.1 Å². The van der Waals surface area contributed by atoms with E-state index in [4.69, 9.17) is 4.74 Å². The van der Waals surface area contributed by atoms with Gasteiger partial charge in [-0.2, -0.15) is 13.2 Å². The van der Waals surface area contributed by atoms with Crippen molar-refractivity contribution in [1.29, 1.82) is 0 Å².